The van der Waals surface area contributed by atoms with Crippen molar-refractivity contribution in [2.75, 3.05) is 0 Å². The van der Waals surface area contributed by atoms with E-state index in [2.05, 4.69) is 6.92 Å². The highest BCUT2D eigenvalue weighted by atomic mass is 16.1. The zero-order chi connectivity index (χ0) is 13.9. The summed E-state index contributed by atoms with van der Waals surface area (Å²) in [6.45, 7) is 4.30. The maximum Gasteiger partial charge on any atom is 0.162 e. The van der Waals surface area contributed by atoms with E-state index in [4.69, 9.17) is 0 Å². The summed E-state index contributed by atoms with van der Waals surface area (Å²) in [6.07, 6.45) is 11.0. The zero-order valence-corrected chi connectivity index (χ0v) is 12.6. The van der Waals surface area contributed by atoms with Crippen molar-refractivity contribution in [3.05, 3.63) is 35.4 Å². The number of carbonyl (C=O) groups excluding carboxylic acids is 1. The Morgan fingerprint density at radius 3 is 1.95 bits per heavy atom. The minimum atomic E-state index is 0.297. The van der Waals surface area contributed by atoms with Gasteiger partial charge in [-0.05, 0) is 13.3 Å². The molecule has 1 aromatic carbocycles. The van der Waals surface area contributed by atoms with Gasteiger partial charge in [0.05, 0.1) is 0 Å². The van der Waals surface area contributed by atoms with E-state index in [1.54, 1.807) is 0 Å². The van der Waals surface area contributed by atoms with Crippen molar-refractivity contribution in [3.8, 4) is 0 Å². The summed E-state index contributed by atoms with van der Waals surface area (Å²) in [5.41, 5.74) is 2.08. The van der Waals surface area contributed by atoms with Crippen molar-refractivity contribution < 1.29 is 4.79 Å². The lowest BCUT2D eigenvalue weighted by atomic mass is 10.0. The van der Waals surface area contributed by atoms with Crippen molar-refractivity contribution in [1.82, 2.24) is 0 Å². The molecule has 0 fully saturated rings. The molecule has 1 nitrogen and oxygen atoms in total. The predicted octanol–water partition coefficient (Wildman–Crippen LogP) is 5.71. The smallest absolute Gasteiger partial charge is 0.162 e. The number of unbranched alkanes of at least 4 members (excludes halogenated alkanes) is 7. The van der Waals surface area contributed by atoms with Crippen molar-refractivity contribution in [2.45, 2.75) is 71.6 Å². The van der Waals surface area contributed by atoms with Gasteiger partial charge < -0.3 is 0 Å². The number of hydrogen-bond donors (Lipinski definition) is 0. The highest BCUT2D eigenvalue weighted by Gasteiger charge is 2.04. The van der Waals surface area contributed by atoms with E-state index in [0.717, 1.165) is 12.0 Å². The lowest BCUT2D eigenvalue weighted by Gasteiger charge is -2.03. The van der Waals surface area contributed by atoms with E-state index in [1.807, 2.05) is 31.2 Å². The first-order chi connectivity index (χ1) is 9.24. The van der Waals surface area contributed by atoms with Crippen LogP contribution in [-0.4, -0.2) is 5.78 Å². The molecule has 1 heteroatoms. The Bertz CT molecular complexity index is 350. The van der Waals surface area contributed by atoms with Gasteiger partial charge in [-0.2, -0.15) is 0 Å². The summed E-state index contributed by atoms with van der Waals surface area (Å²) in [6, 6.07) is 7.92. The molecule has 0 aliphatic rings. The maximum absolute atomic E-state index is 11.9. The standard InChI is InChI=1S/C18H28O/c1-3-4-5-6-7-8-9-10-11-18(19)17-14-12-16(2)13-15-17/h12-15H,3-11H2,1-2H3. The molecule has 0 amide bonds. The molecule has 1 aromatic rings. The Morgan fingerprint density at radius 1 is 0.842 bits per heavy atom. The second kappa shape index (κ2) is 9.77. The van der Waals surface area contributed by atoms with Crippen molar-refractivity contribution in [2.24, 2.45) is 0 Å². The first-order valence-corrected chi connectivity index (χ1v) is 7.84. The van der Waals surface area contributed by atoms with Crippen molar-refractivity contribution >= 4 is 5.78 Å². The van der Waals surface area contributed by atoms with Gasteiger partial charge in [0.2, 0.25) is 0 Å². The number of aryl methyl sites for hydroxylation is 1. The second-order valence-electron chi connectivity index (χ2n) is 5.51. The minimum Gasteiger partial charge on any atom is -0.294 e. The van der Waals surface area contributed by atoms with Gasteiger partial charge in [-0.25, -0.2) is 0 Å². The van der Waals surface area contributed by atoms with Crippen LogP contribution in [0.5, 0.6) is 0 Å². The summed E-state index contributed by atoms with van der Waals surface area (Å²) in [7, 11) is 0. The zero-order valence-electron chi connectivity index (χ0n) is 12.6. The SMILES string of the molecule is CCCCCCCCCCC(=O)c1ccc(C)cc1. The molecule has 0 saturated carbocycles. The Morgan fingerprint density at radius 2 is 1.37 bits per heavy atom. The number of carbonyl (C=O) groups is 1. The summed E-state index contributed by atoms with van der Waals surface area (Å²) in [5, 5.41) is 0. The van der Waals surface area contributed by atoms with Gasteiger partial charge in [0, 0.05) is 12.0 Å². The monoisotopic (exact) mass is 260 g/mol. The molecule has 0 bridgehead atoms. The number of rotatable bonds is 10. The largest absolute Gasteiger partial charge is 0.294 e. The molecular formula is C18H28O. The van der Waals surface area contributed by atoms with E-state index in [9.17, 15) is 4.79 Å². The van der Waals surface area contributed by atoms with Crippen LogP contribution < -0.4 is 0 Å². The molecule has 0 spiro atoms. The third-order valence-corrected chi connectivity index (χ3v) is 3.63. The number of hydrogen-bond acceptors (Lipinski definition) is 1. The van der Waals surface area contributed by atoms with Gasteiger partial charge >= 0.3 is 0 Å². The van der Waals surface area contributed by atoms with Crippen molar-refractivity contribution in [1.29, 1.82) is 0 Å². The molecule has 0 radical (unpaired) electrons. The van der Waals surface area contributed by atoms with Crippen LogP contribution in [0.15, 0.2) is 24.3 Å². The molecule has 0 atom stereocenters. The van der Waals surface area contributed by atoms with Crippen LogP contribution in [0.1, 0.15) is 80.6 Å². The van der Waals surface area contributed by atoms with Gasteiger partial charge in [0.15, 0.2) is 5.78 Å². The third-order valence-electron chi connectivity index (χ3n) is 3.63. The highest BCUT2D eigenvalue weighted by Crippen LogP contribution is 2.12. The Balaban J connectivity index is 2.06. The van der Waals surface area contributed by atoms with E-state index in [-0.39, 0.29) is 0 Å². The molecule has 0 saturated heterocycles. The van der Waals surface area contributed by atoms with Gasteiger partial charge in [0.1, 0.15) is 0 Å². The molecular weight excluding hydrogens is 232 g/mol. The first kappa shape index (κ1) is 15.9. The fourth-order valence-corrected chi connectivity index (χ4v) is 2.30. The first-order valence-electron chi connectivity index (χ1n) is 7.84. The lowest BCUT2D eigenvalue weighted by molar-refractivity contribution is 0.0979. The predicted molar refractivity (Wildman–Crippen MR) is 82.7 cm³/mol. The number of ketones is 1. The molecule has 106 valence electrons. The topological polar surface area (TPSA) is 17.1 Å². The van der Waals surface area contributed by atoms with Gasteiger partial charge in [-0.1, -0.05) is 81.7 Å². The number of benzene rings is 1. The maximum atomic E-state index is 11.9. The van der Waals surface area contributed by atoms with Crippen LogP contribution in [0.4, 0.5) is 0 Å². The fraction of sp³-hybridized carbons (Fsp3) is 0.611. The van der Waals surface area contributed by atoms with Crippen LogP contribution >= 0.6 is 0 Å². The molecule has 0 aliphatic carbocycles. The van der Waals surface area contributed by atoms with E-state index in [1.165, 1.54) is 50.5 Å². The van der Waals surface area contributed by atoms with Crippen LogP contribution in [0.2, 0.25) is 0 Å². The minimum absolute atomic E-state index is 0.297. The molecule has 1 rings (SSSR count). The highest BCUT2D eigenvalue weighted by molar-refractivity contribution is 5.96. The normalized spacial score (nSPS) is 10.6. The average Bonchev–Trinajstić information content (AvgIpc) is 2.42. The third kappa shape index (κ3) is 7.15. The van der Waals surface area contributed by atoms with Crippen LogP contribution in [0.25, 0.3) is 0 Å². The summed E-state index contributed by atoms with van der Waals surface area (Å²) >= 11 is 0. The Kier molecular flexibility index (Phi) is 8.20. The van der Waals surface area contributed by atoms with E-state index in [0.29, 0.717) is 12.2 Å². The lowest BCUT2D eigenvalue weighted by Crippen LogP contribution is -1.98. The van der Waals surface area contributed by atoms with Gasteiger partial charge in [-0.3, -0.25) is 4.79 Å². The Hall–Kier alpha value is -1.11. The van der Waals surface area contributed by atoms with E-state index >= 15 is 0 Å². The van der Waals surface area contributed by atoms with Crippen LogP contribution in [0.3, 0.4) is 0 Å². The van der Waals surface area contributed by atoms with Crippen LogP contribution in [0, 0.1) is 6.92 Å². The molecule has 0 aromatic heterocycles. The van der Waals surface area contributed by atoms with Gasteiger partial charge in [-0.15, -0.1) is 0 Å². The number of Topliss-reactive ketones (excluding diaryl/α,β-unsaturated/α-hetero) is 1. The molecule has 19 heavy (non-hydrogen) atoms. The van der Waals surface area contributed by atoms with Crippen LogP contribution in [-0.2, 0) is 0 Å². The average molecular weight is 260 g/mol. The van der Waals surface area contributed by atoms with Crippen molar-refractivity contribution in [3.63, 3.8) is 0 Å². The van der Waals surface area contributed by atoms with Gasteiger partial charge in [0.25, 0.3) is 0 Å². The van der Waals surface area contributed by atoms with E-state index < -0.39 is 0 Å². The molecule has 0 N–H and O–H groups in total. The Labute approximate surface area is 118 Å². The summed E-state index contributed by atoms with van der Waals surface area (Å²) < 4.78 is 0. The quantitative estimate of drug-likeness (QED) is 0.389. The molecule has 0 unspecified atom stereocenters. The fourth-order valence-electron chi connectivity index (χ4n) is 2.30. The summed E-state index contributed by atoms with van der Waals surface area (Å²) in [4.78, 5) is 11.9. The molecule has 0 aliphatic heterocycles. The second-order valence-corrected chi connectivity index (χ2v) is 5.51. The molecule has 0 heterocycles. The summed E-state index contributed by atoms with van der Waals surface area (Å²) in [5.74, 6) is 0.297.